The van der Waals surface area contributed by atoms with Crippen molar-refractivity contribution in [3.63, 3.8) is 0 Å². The SMILES string of the molecule is CC(N)/C=C1/C=CC=CC1. The van der Waals surface area contributed by atoms with E-state index in [0.29, 0.717) is 0 Å². The average molecular weight is 135 g/mol. The van der Waals surface area contributed by atoms with Crippen LogP contribution in [0.3, 0.4) is 0 Å². The van der Waals surface area contributed by atoms with E-state index < -0.39 is 0 Å². The third-order valence-corrected chi connectivity index (χ3v) is 1.39. The standard InChI is InChI=1S/C9H13N/c1-8(10)7-9-5-3-2-4-6-9/h2-5,7-8H,6,10H2,1H3/b9-7-. The van der Waals surface area contributed by atoms with Gasteiger partial charge in [-0.15, -0.1) is 0 Å². The van der Waals surface area contributed by atoms with E-state index >= 15 is 0 Å². The van der Waals surface area contributed by atoms with Crippen LogP contribution in [-0.4, -0.2) is 6.04 Å². The first-order valence-corrected chi connectivity index (χ1v) is 3.58. The van der Waals surface area contributed by atoms with Crippen LogP contribution in [0.25, 0.3) is 0 Å². The van der Waals surface area contributed by atoms with Crippen molar-refractivity contribution < 1.29 is 0 Å². The topological polar surface area (TPSA) is 26.0 Å². The fourth-order valence-corrected chi connectivity index (χ4v) is 0.991. The van der Waals surface area contributed by atoms with Crippen LogP contribution < -0.4 is 5.73 Å². The summed E-state index contributed by atoms with van der Waals surface area (Å²) in [6.45, 7) is 1.99. The highest BCUT2D eigenvalue weighted by Crippen LogP contribution is 2.09. The molecule has 0 saturated heterocycles. The number of hydrogen-bond acceptors (Lipinski definition) is 1. The van der Waals surface area contributed by atoms with Crippen LogP contribution in [0.1, 0.15) is 13.3 Å². The molecule has 54 valence electrons. The normalized spacial score (nSPS) is 23.6. The van der Waals surface area contributed by atoms with Crippen molar-refractivity contribution in [3.05, 3.63) is 36.0 Å². The lowest BCUT2D eigenvalue weighted by Gasteiger charge is -2.03. The molecular weight excluding hydrogens is 122 g/mol. The van der Waals surface area contributed by atoms with E-state index in [-0.39, 0.29) is 6.04 Å². The maximum absolute atomic E-state index is 5.59. The van der Waals surface area contributed by atoms with E-state index in [9.17, 15) is 0 Å². The molecule has 1 aliphatic carbocycles. The van der Waals surface area contributed by atoms with Gasteiger partial charge < -0.3 is 5.73 Å². The van der Waals surface area contributed by atoms with Crippen molar-refractivity contribution >= 4 is 0 Å². The van der Waals surface area contributed by atoms with Gasteiger partial charge in [0.25, 0.3) is 0 Å². The smallest absolute Gasteiger partial charge is 0.0200 e. The summed E-state index contributed by atoms with van der Waals surface area (Å²) in [6, 6.07) is 0.172. The summed E-state index contributed by atoms with van der Waals surface area (Å²) in [4.78, 5) is 0. The van der Waals surface area contributed by atoms with E-state index in [0.717, 1.165) is 6.42 Å². The van der Waals surface area contributed by atoms with Crippen LogP contribution in [0.4, 0.5) is 0 Å². The van der Waals surface area contributed by atoms with Crippen molar-refractivity contribution in [2.24, 2.45) is 5.73 Å². The van der Waals surface area contributed by atoms with Crippen LogP contribution in [0, 0.1) is 0 Å². The lowest BCUT2D eigenvalue weighted by molar-refractivity contribution is 0.912. The first-order valence-electron chi connectivity index (χ1n) is 3.58. The highest BCUT2D eigenvalue weighted by atomic mass is 14.6. The Labute approximate surface area is 61.9 Å². The molecule has 0 radical (unpaired) electrons. The molecule has 0 spiro atoms. The zero-order valence-electron chi connectivity index (χ0n) is 6.25. The lowest BCUT2D eigenvalue weighted by Crippen LogP contribution is -2.11. The second-order valence-electron chi connectivity index (χ2n) is 2.59. The van der Waals surface area contributed by atoms with E-state index in [1.54, 1.807) is 0 Å². The molecule has 0 aromatic heterocycles. The van der Waals surface area contributed by atoms with Gasteiger partial charge in [-0.25, -0.2) is 0 Å². The predicted molar refractivity (Wildman–Crippen MR) is 44.6 cm³/mol. The Morgan fingerprint density at radius 2 is 2.40 bits per heavy atom. The summed E-state index contributed by atoms with van der Waals surface area (Å²) in [6.07, 6.45) is 11.4. The predicted octanol–water partition coefficient (Wildman–Crippen LogP) is 1.78. The minimum Gasteiger partial charge on any atom is -0.325 e. The first-order chi connectivity index (χ1) is 4.79. The summed E-state index contributed by atoms with van der Waals surface area (Å²) in [7, 11) is 0. The van der Waals surface area contributed by atoms with Crippen molar-refractivity contribution in [2.75, 3.05) is 0 Å². The molecule has 1 heteroatoms. The molecule has 1 rings (SSSR count). The van der Waals surface area contributed by atoms with Crippen LogP contribution in [0.15, 0.2) is 36.0 Å². The van der Waals surface area contributed by atoms with Crippen LogP contribution in [-0.2, 0) is 0 Å². The quantitative estimate of drug-likeness (QED) is 0.582. The van der Waals surface area contributed by atoms with Crippen LogP contribution >= 0.6 is 0 Å². The molecule has 0 amide bonds. The molecule has 1 unspecified atom stereocenters. The highest BCUT2D eigenvalue weighted by molar-refractivity contribution is 5.30. The number of nitrogens with two attached hydrogens (primary N) is 1. The van der Waals surface area contributed by atoms with Gasteiger partial charge in [-0.05, 0) is 18.9 Å². The first kappa shape index (κ1) is 7.29. The molecule has 0 aromatic carbocycles. The second-order valence-corrected chi connectivity index (χ2v) is 2.59. The second kappa shape index (κ2) is 3.37. The third kappa shape index (κ3) is 2.19. The molecule has 0 bridgehead atoms. The summed E-state index contributed by atoms with van der Waals surface area (Å²) < 4.78 is 0. The van der Waals surface area contributed by atoms with Gasteiger partial charge >= 0.3 is 0 Å². The third-order valence-electron chi connectivity index (χ3n) is 1.39. The van der Waals surface area contributed by atoms with E-state index in [4.69, 9.17) is 5.73 Å². The van der Waals surface area contributed by atoms with Gasteiger partial charge in [0.05, 0.1) is 0 Å². The molecular formula is C9H13N. The Kier molecular flexibility index (Phi) is 2.46. The largest absolute Gasteiger partial charge is 0.325 e. The van der Waals surface area contributed by atoms with E-state index in [2.05, 4.69) is 24.3 Å². The fraction of sp³-hybridized carbons (Fsp3) is 0.333. The minimum atomic E-state index is 0.172. The van der Waals surface area contributed by atoms with Gasteiger partial charge in [-0.3, -0.25) is 0 Å². The number of allylic oxidation sites excluding steroid dienone is 5. The van der Waals surface area contributed by atoms with Crippen LogP contribution in [0.5, 0.6) is 0 Å². The minimum absolute atomic E-state index is 0.172. The summed E-state index contributed by atoms with van der Waals surface area (Å²) in [5.41, 5.74) is 6.91. The molecule has 0 aliphatic heterocycles. The molecule has 2 N–H and O–H groups in total. The van der Waals surface area contributed by atoms with Gasteiger partial charge in [0.2, 0.25) is 0 Å². The maximum Gasteiger partial charge on any atom is 0.0200 e. The Bertz CT molecular complexity index is 185. The fourth-order valence-electron chi connectivity index (χ4n) is 0.991. The zero-order chi connectivity index (χ0) is 7.40. The summed E-state index contributed by atoms with van der Waals surface area (Å²) in [5, 5.41) is 0. The van der Waals surface area contributed by atoms with Crippen LogP contribution in [0.2, 0.25) is 0 Å². The molecule has 0 aromatic rings. The van der Waals surface area contributed by atoms with Crippen molar-refractivity contribution in [1.29, 1.82) is 0 Å². The lowest BCUT2D eigenvalue weighted by atomic mass is 10.1. The number of hydrogen-bond donors (Lipinski definition) is 1. The van der Waals surface area contributed by atoms with Gasteiger partial charge in [0.1, 0.15) is 0 Å². The highest BCUT2D eigenvalue weighted by Gasteiger charge is 1.94. The molecule has 0 saturated carbocycles. The Morgan fingerprint density at radius 3 is 2.90 bits per heavy atom. The van der Waals surface area contributed by atoms with Crippen molar-refractivity contribution in [3.8, 4) is 0 Å². The molecule has 10 heavy (non-hydrogen) atoms. The van der Waals surface area contributed by atoms with Gasteiger partial charge in [-0.1, -0.05) is 30.4 Å². The molecule has 1 nitrogen and oxygen atoms in total. The summed E-state index contributed by atoms with van der Waals surface area (Å²) >= 11 is 0. The van der Waals surface area contributed by atoms with Gasteiger partial charge in [0.15, 0.2) is 0 Å². The Balaban J connectivity index is 2.58. The maximum atomic E-state index is 5.59. The Hall–Kier alpha value is -0.820. The summed E-state index contributed by atoms with van der Waals surface area (Å²) in [5.74, 6) is 0. The number of rotatable bonds is 1. The van der Waals surface area contributed by atoms with Gasteiger partial charge in [0, 0.05) is 6.04 Å². The average Bonchev–Trinajstić information content (AvgIpc) is 1.88. The van der Waals surface area contributed by atoms with Gasteiger partial charge in [-0.2, -0.15) is 0 Å². The molecule has 0 heterocycles. The molecule has 1 aliphatic rings. The monoisotopic (exact) mass is 135 g/mol. The van der Waals surface area contributed by atoms with Crippen molar-refractivity contribution in [1.82, 2.24) is 0 Å². The van der Waals surface area contributed by atoms with Crippen molar-refractivity contribution in [2.45, 2.75) is 19.4 Å². The zero-order valence-corrected chi connectivity index (χ0v) is 6.25. The van der Waals surface area contributed by atoms with E-state index in [1.807, 2.05) is 13.0 Å². The Morgan fingerprint density at radius 1 is 1.60 bits per heavy atom. The molecule has 1 atom stereocenters. The molecule has 0 fully saturated rings. The van der Waals surface area contributed by atoms with E-state index in [1.165, 1.54) is 5.57 Å².